The third kappa shape index (κ3) is 4.52. The van der Waals surface area contributed by atoms with E-state index in [9.17, 15) is 0 Å². The summed E-state index contributed by atoms with van der Waals surface area (Å²) in [5.74, 6) is 0.822. The zero-order valence-electron chi connectivity index (χ0n) is 11.4. The molecule has 0 aliphatic carbocycles. The molecule has 0 saturated carbocycles. The van der Waals surface area contributed by atoms with Gasteiger partial charge in [-0.3, -0.25) is 4.99 Å². The van der Waals surface area contributed by atoms with Gasteiger partial charge in [0.15, 0.2) is 5.96 Å². The van der Waals surface area contributed by atoms with Gasteiger partial charge in [0.25, 0.3) is 0 Å². The normalized spacial score (nSPS) is 20.4. The van der Waals surface area contributed by atoms with Crippen LogP contribution in [-0.4, -0.2) is 51.5 Å². The molecule has 0 bridgehead atoms. The van der Waals surface area contributed by atoms with Crippen molar-refractivity contribution < 1.29 is 9.47 Å². The summed E-state index contributed by atoms with van der Waals surface area (Å²) in [7, 11) is 3.55. The monoisotopic (exact) mass is 243 g/mol. The Hall–Kier alpha value is -0.810. The number of hydrogen-bond donors (Lipinski definition) is 2. The van der Waals surface area contributed by atoms with Crippen molar-refractivity contribution in [1.29, 1.82) is 0 Å². The first-order valence-electron chi connectivity index (χ1n) is 6.22. The van der Waals surface area contributed by atoms with Crippen molar-refractivity contribution >= 4 is 5.96 Å². The van der Waals surface area contributed by atoms with Crippen molar-refractivity contribution in [3.8, 4) is 0 Å². The maximum absolute atomic E-state index is 5.65. The Labute approximate surface area is 104 Å². The zero-order valence-corrected chi connectivity index (χ0v) is 11.4. The second-order valence-electron chi connectivity index (χ2n) is 4.72. The van der Waals surface area contributed by atoms with Crippen LogP contribution in [0.4, 0.5) is 0 Å². The molecule has 5 nitrogen and oxygen atoms in total. The molecule has 2 N–H and O–H groups in total. The first kappa shape index (κ1) is 14.3. The van der Waals surface area contributed by atoms with Crippen LogP contribution in [-0.2, 0) is 9.47 Å². The molecule has 0 aromatic rings. The van der Waals surface area contributed by atoms with Gasteiger partial charge >= 0.3 is 0 Å². The Balaban J connectivity index is 2.45. The summed E-state index contributed by atoms with van der Waals surface area (Å²) < 4.78 is 11.0. The van der Waals surface area contributed by atoms with Crippen LogP contribution >= 0.6 is 0 Å². The SMILES string of the molecule is CN=C(NCC1(OC)CCOCC1)NC(C)C. The number of nitrogens with zero attached hydrogens (tertiary/aromatic N) is 1. The lowest BCUT2D eigenvalue weighted by molar-refractivity contribution is -0.0855. The van der Waals surface area contributed by atoms with Gasteiger partial charge in [0.1, 0.15) is 0 Å². The number of methoxy groups -OCH3 is 1. The van der Waals surface area contributed by atoms with Crippen molar-refractivity contribution in [3.63, 3.8) is 0 Å². The summed E-state index contributed by atoms with van der Waals surface area (Å²) in [6, 6.07) is 0.370. The molecule has 1 aliphatic heterocycles. The van der Waals surface area contributed by atoms with E-state index in [0.29, 0.717) is 6.04 Å². The molecule has 0 unspecified atom stereocenters. The average molecular weight is 243 g/mol. The first-order valence-corrected chi connectivity index (χ1v) is 6.22. The molecular weight excluding hydrogens is 218 g/mol. The largest absolute Gasteiger partial charge is 0.381 e. The standard InChI is InChI=1S/C12H25N3O2/c1-10(2)15-11(13-3)14-9-12(16-4)5-7-17-8-6-12/h10H,5-9H2,1-4H3,(H2,13,14,15). The third-order valence-corrected chi connectivity index (χ3v) is 3.06. The van der Waals surface area contributed by atoms with E-state index in [-0.39, 0.29) is 5.60 Å². The minimum atomic E-state index is -0.118. The van der Waals surface area contributed by atoms with Crippen LogP contribution in [0.3, 0.4) is 0 Å². The molecule has 0 spiro atoms. The second-order valence-corrected chi connectivity index (χ2v) is 4.72. The number of rotatable bonds is 4. The highest BCUT2D eigenvalue weighted by Crippen LogP contribution is 2.23. The summed E-state index contributed by atoms with van der Waals surface area (Å²) in [6.07, 6.45) is 1.85. The molecule has 5 heteroatoms. The van der Waals surface area contributed by atoms with Gasteiger partial charge < -0.3 is 20.1 Å². The van der Waals surface area contributed by atoms with Gasteiger partial charge in [-0.1, -0.05) is 0 Å². The van der Waals surface area contributed by atoms with Crippen LogP contribution in [0.2, 0.25) is 0 Å². The Morgan fingerprint density at radius 3 is 2.53 bits per heavy atom. The van der Waals surface area contributed by atoms with Crippen LogP contribution in [0.15, 0.2) is 4.99 Å². The summed E-state index contributed by atoms with van der Waals surface area (Å²) in [6.45, 7) is 6.48. The van der Waals surface area contributed by atoms with Gasteiger partial charge in [-0.15, -0.1) is 0 Å². The fraction of sp³-hybridized carbons (Fsp3) is 0.917. The lowest BCUT2D eigenvalue weighted by atomic mass is 9.94. The summed E-state index contributed by atoms with van der Waals surface area (Å²) in [4.78, 5) is 4.19. The Bertz CT molecular complexity index is 248. The topological polar surface area (TPSA) is 54.9 Å². The Kier molecular flexibility index (Phi) is 5.71. The molecule has 1 fully saturated rings. The van der Waals surface area contributed by atoms with Gasteiger partial charge in [-0.25, -0.2) is 0 Å². The van der Waals surface area contributed by atoms with Crippen molar-refractivity contribution in [2.45, 2.75) is 38.3 Å². The molecule has 1 aliphatic rings. The highest BCUT2D eigenvalue weighted by Gasteiger charge is 2.32. The Morgan fingerprint density at radius 1 is 1.41 bits per heavy atom. The van der Waals surface area contributed by atoms with Crippen LogP contribution in [0.5, 0.6) is 0 Å². The fourth-order valence-corrected chi connectivity index (χ4v) is 1.91. The molecule has 1 heterocycles. The van der Waals surface area contributed by atoms with Crippen molar-refractivity contribution in [3.05, 3.63) is 0 Å². The lowest BCUT2D eigenvalue weighted by Crippen LogP contribution is -2.51. The van der Waals surface area contributed by atoms with Gasteiger partial charge in [-0.05, 0) is 13.8 Å². The smallest absolute Gasteiger partial charge is 0.191 e. The lowest BCUT2D eigenvalue weighted by Gasteiger charge is -2.36. The molecule has 1 saturated heterocycles. The van der Waals surface area contributed by atoms with E-state index < -0.39 is 0 Å². The second kappa shape index (κ2) is 6.81. The van der Waals surface area contributed by atoms with E-state index in [2.05, 4.69) is 29.5 Å². The van der Waals surface area contributed by atoms with Crippen LogP contribution < -0.4 is 10.6 Å². The summed E-state index contributed by atoms with van der Waals surface area (Å²) >= 11 is 0. The molecule has 0 aromatic carbocycles. The summed E-state index contributed by atoms with van der Waals surface area (Å²) in [5, 5.41) is 6.58. The van der Waals surface area contributed by atoms with Crippen LogP contribution in [0.1, 0.15) is 26.7 Å². The molecule has 0 amide bonds. The minimum Gasteiger partial charge on any atom is -0.381 e. The average Bonchev–Trinajstić information content (AvgIpc) is 2.35. The van der Waals surface area contributed by atoms with Crippen LogP contribution in [0, 0.1) is 0 Å². The molecule has 0 aromatic heterocycles. The molecule has 0 radical (unpaired) electrons. The van der Waals surface area contributed by atoms with E-state index >= 15 is 0 Å². The third-order valence-electron chi connectivity index (χ3n) is 3.06. The van der Waals surface area contributed by atoms with E-state index in [1.807, 2.05) is 0 Å². The van der Waals surface area contributed by atoms with E-state index in [4.69, 9.17) is 9.47 Å². The Morgan fingerprint density at radius 2 is 2.06 bits per heavy atom. The van der Waals surface area contributed by atoms with Crippen molar-refractivity contribution in [1.82, 2.24) is 10.6 Å². The molecule has 0 atom stereocenters. The zero-order chi connectivity index (χ0) is 12.7. The summed E-state index contributed by atoms with van der Waals surface area (Å²) in [5.41, 5.74) is -0.118. The first-order chi connectivity index (χ1) is 8.12. The van der Waals surface area contributed by atoms with E-state index in [0.717, 1.165) is 38.6 Å². The van der Waals surface area contributed by atoms with Gasteiger partial charge in [-0.2, -0.15) is 0 Å². The maximum Gasteiger partial charge on any atom is 0.191 e. The number of hydrogen-bond acceptors (Lipinski definition) is 3. The van der Waals surface area contributed by atoms with Gasteiger partial charge in [0.05, 0.1) is 5.60 Å². The highest BCUT2D eigenvalue weighted by atomic mass is 16.5. The molecule has 17 heavy (non-hydrogen) atoms. The van der Waals surface area contributed by atoms with Gasteiger partial charge in [0.2, 0.25) is 0 Å². The van der Waals surface area contributed by atoms with E-state index in [1.165, 1.54) is 0 Å². The van der Waals surface area contributed by atoms with E-state index in [1.54, 1.807) is 14.2 Å². The fourth-order valence-electron chi connectivity index (χ4n) is 1.91. The molecule has 1 rings (SSSR count). The van der Waals surface area contributed by atoms with Gasteiger partial charge in [0, 0.05) is 52.8 Å². The van der Waals surface area contributed by atoms with Crippen LogP contribution in [0.25, 0.3) is 0 Å². The highest BCUT2D eigenvalue weighted by molar-refractivity contribution is 5.79. The minimum absolute atomic E-state index is 0.118. The maximum atomic E-state index is 5.65. The predicted octanol–water partition coefficient (Wildman–Crippen LogP) is 0.755. The number of ether oxygens (including phenoxy) is 2. The number of nitrogens with one attached hydrogen (secondary N) is 2. The van der Waals surface area contributed by atoms with Crippen molar-refractivity contribution in [2.24, 2.45) is 4.99 Å². The predicted molar refractivity (Wildman–Crippen MR) is 69.4 cm³/mol. The molecule has 100 valence electrons. The number of guanidine groups is 1. The number of aliphatic imine (C=N–C) groups is 1. The molecular formula is C12H25N3O2. The van der Waals surface area contributed by atoms with Crippen molar-refractivity contribution in [2.75, 3.05) is 33.9 Å². The quantitative estimate of drug-likeness (QED) is 0.565.